The molecule has 0 aromatic rings. The topological polar surface area (TPSA) is 61.9 Å². The molecule has 130 valence electrons. The molecule has 1 aliphatic carbocycles. The Morgan fingerprint density at radius 1 is 1.09 bits per heavy atom. The summed E-state index contributed by atoms with van der Waals surface area (Å²) in [6.45, 7) is 4.58. The molecule has 0 aromatic heterocycles. The van der Waals surface area contributed by atoms with Crippen molar-refractivity contribution in [2.45, 2.75) is 51.0 Å². The second-order valence-electron chi connectivity index (χ2n) is 7.08. The third-order valence-corrected chi connectivity index (χ3v) is 5.36. The van der Waals surface area contributed by atoms with E-state index in [1.54, 1.807) is 4.90 Å². The van der Waals surface area contributed by atoms with Crippen LogP contribution >= 0.6 is 0 Å². The van der Waals surface area contributed by atoms with Crippen LogP contribution in [0.15, 0.2) is 0 Å². The number of nitrogens with zero attached hydrogens (tertiary/aromatic N) is 2. The van der Waals surface area contributed by atoms with E-state index in [1.165, 1.54) is 19.3 Å². The Morgan fingerprint density at radius 3 is 2.65 bits per heavy atom. The summed E-state index contributed by atoms with van der Waals surface area (Å²) in [6, 6.07) is 0.394. The second kappa shape index (κ2) is 7.99. The number of hydrogen-bond donors (Lipinski definition) is 1. The molecule has 3 fully saturated rings. The number of hydrogen-bond acceptors (Lipinski definition) is 4. The molecular formula is C17H29N3O3. The maximum Gasteiger partial charge on any atom is 0.409 e. The largest absolute Gasteiger partial charge is 0.448 e. The smallest absolute Gasteiger partial charge is 0.409 e. The molecule has 2 aliphatic heterocycles. The highest BCUT2D eigenvalue weighted by molar-refractivity contribution is 5.79. The summed E-state index contributed by atoms with van der Waals surface area (Å²) in [4.78, 5) is 28.0. The Kier molecular flexibility index (Phi) is 5.75. The molecule has 3 aliphatic rings. The number of piperidine rings is 1. The fourth-order valence-electron chi connectivity index (χ4n) is 3.93. The summed E-state index contributed by atoms with van der Waals surface area (Å²) in [5.74, 6) is 0.346. The second-order valence-corrected chi connectivity index (χ2v) is 7.08. The molecule has 23 heavy (non-hydrogen) atoms. The normalized spacial score (nSPS) is 27.0. The highest BCUT2D eigenvalue weighted by Crippen LogP contribution is 2.20. The van der Waals surface area contributed by atoms with Crippen molar-refractivity contribution >= 4 is 12.0 Å². The highest BCUT2D eigenvalue weighted by Gasteiger charge is 2.29. The number of rotatable bonds is 5. The molecule has 6 nitrogen and oxygen atoms in total. The van der Waals surface area contributed by atoms with Gasteiger partial charge in [0.15, 0.2) is 0 Å². The molecule has 0 radical (unpaired) electrons. The predicted molar refractivity (Wildman–Crippen MR) is 87.1 cm³/mol. The average Bonchev–Trinajstić information content (AvgIpc) is 2.99. The van der Waals surface area contributed by atoms with Crippen LogP contribution in [0.5, 0.6) is 0 Å². The van der Waals surface area contributed by atoms with Crippen LogP contribution in [-0.4, -0.2) is 67.2 Å². The van der Waals surface area contributed by atoms with Gasteiger partial charge >= 0.3 is 6.09 Å². The first-order chi connectivity index (χ1) is 11.2. The van der Waals surface area contributed by atoms with Crippen molar-refractivity contribution in [1.29, 1.82) is 0 Å². The molecule has 2 amide bonds. The van der Waals surface area contributed by atoms with E-state index < -0.39 is 0 Å². The van der Waals surface area contributed by atoms with Crippen LogP contribution in [0.4, 0.5) is 4.79 Å². The monoisotopic (exact) mass is 323 g/mol. The van der Waals surface area contributed by atoms with Crippen LogP contribution in [0.2, 0.25) is 0 Å². The number of nitrogens with one attached hydrogen (secondary N) is 1. The van der Waals surface area contributed by atoms with E-state index in [0.717, 1.165) is 45.3 Å². The Balaban J connectivity index is 1.41. The maximum atomic E-state index is 12.5. The molecule has 0 bridgehead atoms. The van der Waals surface area contributed by atoms with Crippen LogP contribution in [0, 0.1) is 5.92 Å². The minimum Gasteiger partial charge on any atom is -0.448 e. The van der Waals surface area contributed by atoms with Gasteiger partial charge in [0, 0.05) is 25.7 Å². The number of ether oxygens (including phenoxy) is 1. The summed E-state index contributed by atoms with van der Waals surface area (Å²) < 4.78 is 4.95. The van der Waals surface area contributed by atoms with Crippen LogP contribution < -0.4 is 5.32 Å². The Hall–Kier alpha value is -1.30. The molecule has 6 heteroatoms. The Morgan fingerprint density at radius 2 is 1.91 bits per heavy atom. The van der Waals surface area contributed by atoms with Crippen molar-refractivity contribution in [1.82, 2.24) is 15.1 Å². The van der Waals surface area contributed by atoms with Gasteiger partial charge in [0.25, 0.3) is 0 Å². The van der Waals surface area contributed by atoms with E-state index in [0.29, 0.717) is 25.7 Å². The third kappa shape index (κ3) is 4.59. The minimum absolute atomic E-state index is 0.108. The van der Waals surface area contributed by atoms with Gasteiger partial charge in [-0.2, -0.15) is 0 Å². The first-order valence-electron chi connectivity index (χ1n) is 9.17. The average molecular weight is 323 g/mol. The number of carbonyl (C=O) groups is 2. The van der Waals surface area contributed by atoms with Crippen molar-refractivity contribution in [2.24, 2.45) is 5.92 Å². The maximum absolute atomic E-state index is 12.5. The molecule has 2 heterocycles. The molecule has 1 saturated carbocycles. The van der Waals surface area contributed by atoms with Gasteiger partial charge in [-0.3, -0.25) is 4.79 Å². The van der Waals surface area contributed by atoms with Gasteiger partial charge in [-0.05, 0) is 32.2 Å². The minimum atomic E-state index is -0.200. The van der Waals surface area contributed by atoms with Crippen molar-refractivity contribution < 1.29 is 14.3 Å². The van der Waals surface area contributed by atoms with E-state index in [9.17, 15) is 9.59 Å². The zero-order valence-electron chi connectivity index (χ0n) is 14.0. The van der Waals surface area contributed by atoms with Gasteiger partial charge in [0.1, 0.15) is 6.61 Å². The van der Waals surface area contributed by atoms with E-state index in [-0.39, 0.29) is 17.9 Å². The summed E-state index contributed by atoms with van der Waals surface area (Å²) in [5, 5.41) is 3.26. The number of carbonyl (C=O) groups excluding carboxylic acids is 2. The zero-order chi connectivity index (χ0) is 16.1. The van der Waals surface area contributed by atoms with Crippen LogP contribution in [-0.2, 0) is 9.53 Å². The van der Waals surface area contributed by atoms with Gasteiger partial charge in [0.05, 0.1) is 12.5 Å². The highest BCUT2D eigenvalue weighted by atomic mass is 16.6. The predicted octanol–water partition coefficient (Wildman–Crippen LogP) is 1.60. The van der Waals surface area contributed by atoms with E-state index >= 15 is 0 Å². The van der Waals surface area contributed by atoms with Gasteiger partial charge in [0.2, 0.25) is 5.91 Å². The molecule has 0 spiro atoms. The van der Waals surface area contributed by atoms with Crippen LogP contribution in [0.25, 0.3) is 0 Å². The quantitative estimate of drug-likeness (QED) is 0.835. The molecular weight excluding hydrogens is 294 g/mol. The van der Waals surface area contributed by atoms with Crippen LogP contribution in [0.3, 0.4) is 0 Å². The summed E-state index contributed by atoms with van der Waals surface area (Å²) in [5.41, 5.74) is 0. The lowest BCUT2D eigenvalue weighted by Crippen LogP contribution is -2.47. The van der Waals surface area contributed by atoms with Crippen LogP contribution in [0.1, 0.15) is 44.9 Å². The standard InChI is InChI=1S/C17H29N3O3/c21-16(18-15-6-2-1-3-7-15)14-5-4-8-19(13-14)9-10-20-11-12-23-17(20)22/h14-15H,1-13H2,(H,18,21). The van der Waals surface area contributed by atoms with Gasteiger partial charge in [-0.25, -0.2) is 4.79 Å². The molecule has 1 N–H and O–H groups in total. The van der Waals surface area contributed by atoms with Gasteiger partial charge in [-0.1, -0.05) is 19.3 Å². The first-order valence-corrected chi connectivity index (χ1v) is 9.17. The molecule has 1 atom stereocenters. The lowest BCUT2D eigenvalue weighted by Gasteiger charge is -2.34. The van der Waals surface area contributed by atoms with Crippen molar-refractivity contribution in [3.05, 3.63) is 0 Å². The van der Waals surface area contributed by atoms with Crippen molar-refractivity contribution in [2.75, 3.05) is 39.3 Å². The summed E-state index contributed by atoms with van der Waals surface area (Å²) in [7, 11) is 0. The van der Waals surface area contributed by atoms with E-state index in [2.05, 4.69) is 10.2 Å². The Bertz CT molecular complexity index is 423. The summed E-state index contributed by atoms with van der Waals surface area (Å²) >= 11 is 0. The lowest BCUT2D eigenvalue weighted by atomic mass is 9.93. The summed E-state index contributed by atoms with van der Waals surface area (Å²) in [6.07, 6.45) is 7.92. The first kappa shape index (κ1) is 16.6. The lowest BCUT2D eigenvalue weighted by molar-refractivity contribution is -0.127. The van der Waals surface area contributed by atoms with Crippen molar-refractivity contribution in [3.8, 4) is 0 Å². The fraction of sp³-hybridized carbons (Fsp3) is 0.882. The number of amides is 2. The SMILES string of the molecule is O=C(NC1CCCCC1)C1CCCN(CCN2CCOC2=O)C1. The van der Waals surface area contributed by atoms with E-state index in [1.807, 2.05) is 0 Å². The molecule has 1 unspecified atom stereocenters. The van der Waals surface area contributed by atoms with E-state index in [4.69, 9.17) is 4.74 Å². The van der Waals surface area contributed by atoms with Gasteiger partial charge < -0.3 is 19.9 Å². The number of cyclic esters (lactones) is 1. The molecule has 2 saturated heterocycles. The molecule has 3 rings (SSSR count). The molecule has 0 aromatic carbocycles. The zero-order valence-corrected chi connectivity index (χ0v) is 14.0. The fourth-order valence-corrected chi connectivity index (χ4v) is 3.93. The van der Waals surface area contributed by atoms with Crippen molar-refractivity contribution in [3.63, 3.8) is 0 Å². The Labute approximate surface area is 138 Å². The third-order valence-electron chi connectivity index (χ3n) is 5.36. The van der Waals surface area contributed by atoms with Gasteiger partial charge in [-0.15, -0.1) is 0 Å². The number of likely N-dealkylation sites (tertiary alicyclic amines) is 1.